The lowest BCUT2D eigenvalue weighted by atomic mass is 10.1. The Hall–Kier alpha value is -1.75. The number of aldehydes is 1. The highest BCUT2D eigenvalue weighted by atomic mass is 16.1. The second-order valence-corrected chi connectivity index (χ2v) is 2.94. The fourth-order valence-corrected chi connectivity index (χ4v) is 1.18. The number of anilines is 1. The minimum absolute atomic E-state index is 0.284. The Balaban J connectivity index is 2.91. The molecular weight excluding hydrogens is 174 g/mol. The highest BCUT2D eigenvalue weighted by Crippen LogP contribution is 2.13. The number of carbonyl (C=O) groups is 1. The lowest BCUT2D eigenvalue weighted by Crippen LogP contribution is -1.93. The van der Waals surface area contributed by atoms with Crippen LogP contribution in [0.15, 0.2) is 18.2 Å². The highest BCUT2D eigenvalue weighted by Gasteiger charge is 1.96. The monoisotopic (exact) mass is 187 g/mol. The third-order valence-corrected chi connectivity index (χ3v) is 1.94. The van der Waals surface area contributed by atoms with Gasteiger partial charge in [-0.2, -0.15) is 0 Å². The Morgan fingerprint density at radius 2 is 2.29 bits per heavy atom. The molecule has 2 heteroatoms. The van der Waals surface area contributed by atoms with E-state index in [-0.39, 0.29) is 6.42 Å². The number of rotatable bonds is 2. The van der Waals surface area contributed by atoms with Crippen molar-refractivity contribution in [2.24, 2.45) is 0 Å². The van der Waals surface area contributed by atoms with E-state index in [0.717, 1.165) is 29.5 Å². The van der Waals surface area contributed by atoms with Crippen molar-refractivity contribution in [1.82, 2.24) is 0 Å². The standard InChI is InChI=1S/C12H13NO/c1-2-11-9-10(5-3-4-8-14)6-7-12(11)13/h6-9H,2,4,13H2,1H3. The van der Waals surface area contributed by atoms with Crippen LogP contribution in [0.4, 0.5) is 5.69 Å². The van der Waals surface area contributed by atoms with Crippen LogP contribution in [-0.2, 0) is 11.2 Å². The minimum atomic E-state index is 0.284. The molecule has 0 spiro atoms. The second kappa shape index (κ2) is 5.08. The Kier molecular flexibility index (Phi) is 3.75. The number of carbonyl (C=O) groups excluding carboxylic acids is 1. The Labute approximate surface area is 84.1 Å². The van der Waals surface area contributed by atoms with E-state index in [0.29, 0.717) is 0 Å². The maximum Gasteiger partial charge on any atom is 0.131 e. The molecule has 0 saturated heterocycles. The summed E-state index contributed by atoms with van der Waals surface area (Å²) in [7, 11) is 0. The maximum absolute atomic E-state index is 10.0. The van der Waals surface area contributed by atoms with Crippen molar-refractivity contribution in [3.05, 3.63) is 29.3 Å². The van der Waals surface area contributed by atoms with Crippen LogP contribution in [0.25, 0.3) is 0 Å². The fraction of sp³-hybridized carbons (Fsp3) is 0.250. The summed E-state index contributed by atoms with van der Waals surface area (Å²) in [6.45, 7) is 2.05. The molecule has 0 radical (unpaired) electrons. The van der Waals surface area contributed by atoms with Gasteiger partial charge in [0.25, 0.3) is 0 Å². The van der Waals surface area contributed by atoms with E-state index >= 15 is 0 Å². The molecule has 1 rings (SSSR count). The fourth-order valence-electron chi connectivity index (χ4n) is 1.18. The summed E-state index contributed by atoms with van der Waals surface area (Å²) in [5.41, 5.74) is 8.56. The summed E-state index contributed by atoms with van der Waals surface area (Å²) >= 11 is 0. The molecule has 0 amide bonds. The topological polar surface area (TPSA) is 43.1 Å². The van der Waals surface area contributed by atoms with Gasteiger partial charge in [0.05, 0.1) is 6.42 Å². The Bertz CT molecular complexity index is 385. The average molecular weight is 187 g/mol. The third-order valence-electron chi connectivity index (χ3n) is 1.94. The van der Waals surface area contributed by atoms with Crippen molar-refractivity contribution >= 4 is 12.0 Å². The molecule has 1 aromatic rings. The van der Waals surface area contributed by atoms with E-state index in [1.165, 1.54) is 0 Å². The predicted molar refractivity (Wildman–Crippen MR) is 57.8 cm³/mol. The zero-order chi connectivity index (χ0) is 10.4. The van der Waals surface area contributed by atoms with E-state index < -0.39 is 0 Å². The molecule has 0 bridgehead atoms. The molecule has 0 unspecified atom stereocenters. The van der Waals surface area contributed by atoms with Crippen molar-refractivity contribution in [2.45, 2.75) is 19.8 Å². The highest BCUT2D eigenvalue weighted by molar-refractivity contribution is 5.56. The van der Waals surface area contributed by atoms with Gasteiger partial charge >= 0.3 is 0 Å². The van der Waals surface area contributed by atoms with Crippen molar-refractivity contribution in [3.8, 4) is 11.8 Å². The van der Waals surface area contributed by atoms with Crippen molar-refractivity contribution in [2.75, 3.05) is 5.73 Å². The minimum Gasteiger partial charge on any atom is -0.399 e. The molecule has 1 aromatic carbocycles. The van der Waals surface area contributed by atoms with Crippen molar-refractivity contribution < 1.29 is 4.79 Å². The average Bonchev–Trinajstić information content (AvgIpc) is 2.21. The van der Waals surface area contributed by atoms with Crippen LogP contribution in [0, 0.1) is 11.8 Å². The number of hydrogen-bond acceptors (Lipinski definition) is 2. The summed E-state index contributed by atoms with van der Waals surface area (Å²) in [4.78, 5) is 10.0. The smallest absolute Gasteiger partial charge is 0.131 e. The molecular formula is C12H13NO. The maximum atomic E-state index is 10.0. The molecule has 2 N–H and O–H groups in total. The molecule has 0 atom stereocenters. The molecule has 0 aliphatic carbocycles. The first-order valence-corrected chi connectivity index (χ1v) is 4.58. The number of nitrogen functional groups attached to an aromatic ring is 1. The first kappa shape index (κ1) is 10.3. The normalized spacial score (nSPS) is 8.93. The molecule has 0 aliphatic rings. The van der Waals surface area contributed by atoms with Crippen LogP contribution >= 0.6 is 0 Å². The zero-order valence-electron chi connectivity index (χ0n) is 8.21. The Morgan fingerprint density at radius 3 is 2.93 bits per heavy atom. The quantitative estimate of drug-likeness (QED) is 0.435. The van der Waals surface area contributed by atoms with E-state index in [2.05, 4.69) is 11.8 Å². The van der Waals surface area contributed by atoms with Crippen LogP contribution in [0.3, 0.4) is 0 Å². The lowest BCUT2D eigenvalue weighted by molar-refractivity contribution is -0.107. The van der Waals surface area contributed by atoms with Gasteiger partial charge in [0.15, 0.2) is 0 Å². The van der Waals surface area contributed by atoms with Gasteiger partial charge in [-0.1, -0.05) is 18.8 Å². The molecule has 0 saturated carbocycles. The number of benzene rings is 1. The van der Waals surface area contributed by atoms with E-state index in [1.54, 1.807) is 0 Å². The number of hydrogen-bond donors (Lipinski definition) is 1. The third kappa shape index (κ3) is 2.63. The summed E-state index contributed by atoms with van der Waals surface area (Å²) in [5, 5.41) is 0. The summed E-state index contributed by atoms with van der Waals surface area (Å²) < 4.78 is 0. The van der Waals surface area contributed by atoms with Gasteiger partial charge in [-0.15, -0.1) is 0 Å². The zero-order valence-corrected chi connectivity index (χ0v) is 8.21. The molecule has 14 heavy (non-hydrogen) atoms. The van der Waals surface area contributed by atoms with Gasteiger partial charge in [0.1, 0.15) is 6.29 Å². The molecule has 0 heterocycles. The summed E-state index contributed by atoms with van der Waals surface area (Å²) in [6, 6.07) is 5.68. The van der Waals surface area contributed by atoms with Gasteiger partial charge < -0.3 is 10.5 Å². The second-order valence-electron chi connectivity index (χ2n) is 2.94. The molecule has 72 valence electrons. The van der Waals surface area contributed by atoms with Gasteiger partial charge in [0.2, 0.25) is 0 Å². The van der Waals surface area contributed by atoms with E-state index in [4.69, 9.17) is 5.73 Å². The van der Waals surface area contributed by atoms with Crippen LogP contribution < -0.4 is 5.73 Å². The largest absolute Gasteiger partial charge is 0.399 e. The molecule has 0 aliphatic heterocycles. The van der Waals surface area contributed by atoms with Crippen LogP contribution in [0.5, 0.6) is 0 Å². The predicted octanol–water partition coefficient (Wildman–Crippen LogP) is 1.77. The van der Waals surface area contributed by atoms with Crippen molar-refractivity contribution in [3.63, 3.8) is 0 Å². The lowest BCUT2D eigenvalue weighted by Gasteiger charge is -2.02. The van der Waals surface area contributed by atoms with Crippen LogP contribution in [-0.4, -0.2) is 6.29 Å². The van der Waals surface area contributed by atoms with Crippen LogP contribution in [0.1, 0.15) is 24.5 Å². The van der Waals surface area contributed by atoms with E-state index in [1.807, 2.05) is 25.1 Å². The van der Waals surface area contributed by atoms with Gasteiger partial charge in [0, 0.05) is 11.3 Å². The van der Waals surface area contributed by atoms with Crippen LogP contribution in [0.2, 0.25) is 0 Å². The van der Waals surface area contributed by atoms with Crippen molar-refractivity contribution in [1.29, 1.82) is 0 Å². The SMILES string of the molecule is CCc1cc(C#CCC=O)ccc1N. The Morgan fingerprint density at radius 1 is 1.50 bits per heavy atom. The van der Waals surface area contributed by atoms with E-state index in [9.17, 15) is 4.79 Å². The summed E-state index contributed by atoms with van der Waals surface area (Å²) in [6.07, 6.45) is 1.98. The first-order chi connectivity index (χ1) is 6.77. The summed E-state index contributed by atoms with van der Waals surface area (Å²) in [5.74, 6) is 5.67. The molecule has 0 fully saturated rings. The van der Waals surface area contributed by atoms with Gasteiger partial charge in [-0.25, -0.2) is 0 Å². The van der Waals surface area contributed by atoms with Gasteiger partial charge in [-0.3, -0.25) is 0 Å². The molecule has 0 aromatic heterocycles. The first-order valence-electron chi connectivity index (χ1n) is 4.58. The molecule has 2 nitrogen and oxygen atoms in total. The van der Waals surface area contributed by atoms with Gasteiger partial charge in [-0.05, 0) is 30.2 Å². The number of nitrogens with two attached hydrogens (primary N) is 1. The number of aryl methyl sites for hydroxylation is 1.